The van der Waals surface area contributed by atoms with Gasteiger partial charge in [0.1, 0.15) is 11.3 Å². The molecule has 0 saturated heterocycles. The Bertz CT molecular complexity index is 497. The molecule has 0 aliphatic heterocycles. The van der Waals surface area contributed by atoms with Crippen LogP contribution in [-0.2, 0) is 5.88 Å². The van der Waals surface area contributed by atoms with Crippen molar-refractivity contribution in [3.05, 3.63) is 65.7 Å². The molecule has 0 fully saturated rings. The summed E-state index contributed by atoms with van der Waals surface area (Å²) in [6, 6.07) is 15.8. The summed E-state index contributed by atoms with van der Waals surface area (Å²) >= 11 is 5.53. The topological polar surface area (TPSA) is 57.5 Å². The van der Waals surface area contributed by atoms with E-state index < -0.39 is 5.97 Å². The van der Waals surface area contributed by atoms with Gasteiger partial charge < -0.3 is 10.2 Å². The Morgan fingerprint density at radius 3 is 1.94 bits per heavy atom. The largest absolute Gasteiger partial charge is 0.507 e. The quantitative estimate of drug-likeness (QED) is 0.816. The molecule has 4 heteroatoms. The highest BCUT2D eigenvalue weighted by atomic mass is 35.5. The molecule has 0 aliphatic rings. The average Bonchev–Trinajstić information content (AvgIpc) is 2.40. The number of halogens is 1. The fourth-order valence-corrected chi connectivity index (χ4v) is 1.40. The number of aromatic hydroxyl groups is 1. The van der Waals surface area contributed by atoms with E-state index in [4.69, 9.17) is 21.8 Å². The van der Waals surface area contributed by atoms with Crippen LogP contribution in [0.25, 0.3) is 0 Å². The number of carbonyl (C=O) groups is 1. The molecule has 0 spiro atoms. The highest BCUT2D eigenvalue weighted by molar-refractivity contribution is 6.17. The van der Waals surface area contributed by atoms with E-state index in [1.165, 1.54) is 17.7 Å². The zero-order chi connectivity index (χ0) is 13.4. The second-order valence-electron chi connectivity index (χ2n) is 3.44. The molecule has 0 aromatic heterocycles. The molecular weight excluding hydrogens is 252 g/mol. The lowest BCUT2D eigenvalue weighted by atomic mass is 10.2. The summed E-state index contributed by atoms with van der Waals surface area (Å²) in [4.78, 5) is 10.3. The third-order valence-electron chi connectivity index (χ3n) is 2.13. The maximum Gasteiger partial charge on any atom is 0.339 e. The summed E-state index contributed by atoms with van der Waals surface area (Å²) in [5.41, 5.74) is 1.11. The van der Waals surface area contributed by atoms with E-state index in [2.05, 4.69) is 0 Å². The number of rotatable bonds is 2. The summed E-state index contributed by atoms with van der Waals surface area (Å²) in [5.74, 6) is -0.700. The lowest BCUT2D eigenvalue weighted by Gasteiger charge is -1.95. The van der Waals surface area contributed by atoms with E-state index in [1.807, 2.05) is 30.3 Å². The number of aromatic carboxylic acids is 1. The number of carboxylic acid groups (broad SMARTS) is 1. The Morgan fingerprint density at radius 2 is 1.56 bits per heavy atom. The number of hydrogen-bond acceptors (Lipinski definition) is 2. The van der Waals surface area contributed by atoms with Gasteiger partial charge in [0.15, 0.2) is 0 Å². The van der Waals surface area contributed by atoms with Gasteiger partial charge in [0, 0.05) is 5.88 Å². The Hall–Kier alpha value is -2.00. The van der Waals surface area contributed by atoms with Crippen LogP contribution in [0.1, 0.15) is 15.9 Å². The maximum atomic E-state index is 10.3. The van der Waals surface area contributed by atoms with E-state index in [0.29, 0.717) is 5.88 Å². The minimum atomic E-state index is -1.11. The first-order valence-electron chi connectivity index (χ1n) is 5.26. The van der Waals surface area contributed by atoms with Crippen LogP contribution in [0.2, 0.25) is 0 Å². The number of hydrogen-bond donors (Lipinski definition) is 2. The molecule has 0 bridgehead atoms. The van der Waals surface area contributed by atoms with Crippen molar-refractivity contribution in [2.24, 2.45) is 0 Å². The third-order valence-corrected chi connectivity index (χ3v) is 2.44. The molecule has 94 valence electrons. The highest BCUT2D eigenvalue weighted by Crippen LogP contribution is 2.14. The minimum Gasteiger partial charge on any atom is -0.507 e. The molecule has 0 amide bonds. The van der Waals surface area contributed by atoms with Gasteiger partial charge in [0.25, 0.3) is 0 Å². The number of phenols is 1. The standard InChI is InChI=1S/C7H7Cl.C7H6O3/c8-6-7-4-2-1-3-5-7;8-6-4-2-1-3-5(6)7(9)10/h1-5H,6H2;1-4,8H,(H,9,10). The first-order valence-corrected chi connectivity index (χ1v) is 5.79. The smallest absolute Gasteiger partial charge is 0.339 e. The molecule has 0 unspecified atom stereocenters. The van der Waals surface area contributed by atoms with Gasteiger partial charge in [-0.25, -0.2) is 4.79 Å². The second kappa shape index (κ2) is 7.35. The molecular formula is C14H13ClO3. The Labute approximate surface area is 110 Å². The molecule has 0 heterocycles. The van der Waals surface area contributed by atoms with Crippen molar-refractivity contribution in [3.8, 4) is 5.75 Å². The van der Waals surface area contributed by atoms with Crippen LogP contribution in [0.3, 0.4) is 0 Å². The van der Waals surface area contributed by atoms with E-state index in [1.54, 1.807) is 12.1 Å². The molecule has 0 saturated carbocycles. The van der Waals surface area contributed by atoms with E-state index in [9.17, 15) is 4.79 Å². The molecule has 3 nitrogen and oxygen atoms in total. The number of alkyl halides is 1. The Kier molecular flexibility index (Phi) is 5.74. The van der Waals surface area contributed by atoms with Crippen LogP contribution in [0.4, 0.5) is 0 Å². The van der Waals surface area contributed by atoms with Gasteiger partial charge in [0.05, 0.1) is 0 Å². The molecule has 0 radical (unpaired) electrons. The number of benzene rings is 2. The molecule has 2 N–H and O–H groups in total. The van der Waals surface area contributed by atoms with Crippen LogP contribution in [0.5, 0.6) is 5.75 Å². The average molecular weight is 265 g/mol. The predicted octanol–water partition coefficient (Wildman–Crippen LogP) is 3.52. The van der Waals surface area contributed by atoms with Gasteiger partial charge in [-0.15, -0.1) is 11.6 Å². The Morgan fingerprint density at radius 1 is 1.00 bits per heavy atom. The summed E-state index contributed by atoms with van der Waals surface area (Å²) in [5, 5.41) is 17.3. The maximum absolute atomic E-state index is 10.3. The monoisotopic (exact) mass is 264 g/mol. The van der Waals surface area contributed by atoms with Gasteiger partial charge >= 0.3 is 5.97 Å². The summed E-state index contributed by atoms with van der Waals surface area (Å²) < 4.78 is 0. The van der Waals surface area contributed by atoms with Gasteiger partial charge in [-0.3, -0.25) is 0 Å². The SMILES string of the molecule is ClCc1ccccc1.O=C(O)c1ccccc1O. The van der Waals surface area contributed by atoms with Gasteiger partial charge in [0.2, 0.25) is 0 Å². The van der Waals surface area contributed by atoms with Crippen LogP contribution < -0.4 is 0 Å². The van der Waals surface area contributed by atoms with Crippen molar-refractivity contribution in [2.75, 3.05) is 0 Å². The highest BCUT2D eigenvalue weighted by Gasteiger charge is 2.05. The lowest BCUT2D eigenvalue weighted by molar-refractivity contribution is 0.0694. The van der Waals surface area contributed by atoms with Crippen LogP contribution in [-0.4, -0.2) is 16.2 Å². The fourth-order valence-electron chi connectivity index (χ4n) is 1.22. The van der Waals surface area contributed by atoms with E-state index in [0.717, 1.165) is 0 Å². The number of para-hydroxylation sites is 1. The molecule has 2 rings (SSSR count). The molecule has 18 heavy (non-hydrogen) atoms. The van der Waals surface area contributed by atoms with Crippen molar-refractivity contribution in [1.29, 1.82) is 0 Å². The van der Waals surface area contributed by atoms with Crippen LogP contribution in [0.15, 0.2) is 54.6 Å². The third kappa shape index (κ3) is 4.47. The second-order valence-corrected chi connectivity index (χ2v) is 3.71. The van der Waals surface area contributed by atoms with Gasteiger partial charge in [-0.05, 0) is 17.7 Å². The summed E-state index contributed by atoms with van der Waals surface area (Å²) in [6.07, 6.45) is 0. The van der Waals surface area contributed by atoms with E-state index in [-0.39, 0.29) is 11.3 Å². The normalized spacial score (nSPS) is 9.17. The zero-order valence-electron chi connectivity index (χ0n) is 9.58. The molecule has 2 aromatic rings. The molecule has 0 aliphatic carbocycles. The van der Waals surface area contributed by atoms with Crippen molar-refractivity contribution in [2.45, 2.75) is 5.88 Å². The van der Waals surface area contributed by atoms with Crippen LogP contribution >= 0.6 is 11.6 Å². The van der Waals surface area contributed by atoms with Crippen molar-refractivity contribution >= 4 is 17.6 Å². The van der Waals surface area contributed by atoms with Crippen LogP contribution in [0, 0.1) is 0 Å². The fraction of sp³-hybridized carbons (Fsp3) is 0.0714. The van der Waals surface area contributed by atoms with Gasteiger partial charge in [-0.1, -0.05) is 42.5 Å². The first-order chi connectivity index (χ1) is 8.65. The Balaban J connectivity index is 0.000000184. The van der Waals surface area contributed by atoms with Crippen molar-refractivity contribution in [3.63, 3.8) is 0 Å². The first kappa shape index (κ1) is 14.1. The summed E-state index contributed by atoms with van der Waals surface area (Å²) in [7, 11) is 0. The molecule has 0 atom stereocenters. The van der Waals surface area contributed by atoms with Crippen molar-refractivity contribution < 1.29 is 15.0 Å². The minimum absolute atomic E-state index is 0.0671. The molecule has 2 aromatic carbocycles. The van der Waals surface area contributed by atoms with Crippen molar-refractivity contribution in [1.82, 2.24) is 0 Å². The van der Waals surface area contributed by atoms with E-state index >= 15 is 0 Å². The number of carboxylic acids is 1. The van der Waals surface area contributed by atoms with Gasteiger partial charge in [-0.2, -0.15) is 0 Å². The zero-order valence-corrected chi connectivity index (χ0v) is 10.3. The predicted molar refractivity (Wildman–Crippen MR) is 71.1 cm³/mol. The lowest BCUT2D eigenvalue weighted by Crippen LogP contribution is -1.95. The summed E-state index contributed by atoms with van der Waals surface area (Å²) in [6.45, 7) is 0.